The molecule has 2 rings (SSSR count). The molecule has 1 aromatic carbocycles. The predicted octanol–water partition coefficient (Wildman–Crippen LogP) is 1.87. The monoisotopic (exact) mass is 286 g/mol. The number of nitrogens with zero attached hydrogens (tertiary/aromatic N) is 2. The van der Waals surface area contributed by atoms with Gasteiger partial charge in [-0.25, -0.2) is 18.3 Å². The van der Waals surface area contributed by atoms with Gasteiger partial charge >= 0.3 is 6.01 Å². The molecule has 0 spiro atoms. The fourth-order valence-corrected chi connectivity index (χ4v) is 1.36. The lowest BCUT2D eigenvalue weighted by molar-refractivity contribution is 0.102. The first-order chi connectivity index (χ1) is 9.51. The average Bonchev–Trinajstić information content (AvgIpc) is 2.83. The molecule has 6 nitrogen and oxygen atoms in total. The highest BCUT2D eigenvalue weighted by atomic mass is 19.2. The number of aromatic amines is 1. The van der Waals surface area contributed by atoms with Crippen molar-refractivity contribution in [2.75, 3.05) is 11.9 Å². The second-order valence-electron chi connectivity index (χ2n) is 3.61. The van der Waals surface area contributed by atoms with E-state index in [1.807, 2.05) is 0 Å². The van der Waals surface area contributed by atoms with Crippen molar-refractivity contribution in [1.82, 2.24) is 15.2 Å². The Balaban J connectivity index is 2.15. The molecule has 0 bridgehead atoms. The van der Waals surface area contributed by atoms with Gasteiger partial charge in [-0.1, -0.05) is 0 Å². The van der Waals surface area contributed by atoms with E-state index in [4.69, 9.17) is 4.74 Å². The summed E-state index contributed by atoms with van der Waals surface area (Å²) in [5.74, 6) is -5.49. The van der Waals surface area contributed by atoms with Gasteiger partial charge in [-0.2, -0.15) is 4.98 Å². The summed E-state index contributed by atoms with van der Waals surface area (Å²) < 4.78 is 43.7. The molecule has 0 saturated heterocycles. The number of halogens is 3. The Hall–Kier alpha value is -2.58. The molecule has 0 fully saturated rings. The van der Waals surface area contributed by atoms with E-state index in [0.717, 1.165) is 0 Å². The number of nitrogens with one attached hydrogen (secondary N) is 2. The summed E-state index contributed by atoms with van der Waals surface area (Å²) in [5, 5.41) is 8.18. The van der Waals surface area contributed by atoms with Crippen LogP contribution >= 0.6 is 0 Å². The zero-order valence-electron chi connectivity index (χ0n) is 10.2. The number of anilines is 1. The Labute approximate surface area is 111 Å². The Bertz CT molecular complexity index is 621. The minimum atomic E-state index is -1.64. The van der Waals surface area contributed by atoms with Gasteiger partial charge in [-0.15, -0.1) is 5.10 Å². The van der Waals surface area contributed by atoms with Gasteiger partial charge in [0.2, 0.25) is 5.95 Å². The van der Waals surface area contributed by atoms with Gasteiger partial charge in [-0.05, 0) is 19.1 Å². The topological polar surface area (TPSA) is 79.9 Å². The lowest BCUT2D eigenvalue weighted by Crippen LogP contribution is -2.14. The highest BCUT2D eigenvalue weighted by Gasteiger charge is 2.16. The largest absolute Gasteiger partial charge is 0.463 e. The first kappa shape index (κ1) is 13.8. The molecule has 0 aliphatic rings. The van der Waals surface area contributed by atoms with Crippen LogP contribution in [0.5, 0.6) is 6.01 Å². The van der Waals surface area contributed by atoms with Crippen molar-refractivity contribution in [2.24, 2.45) is 0 Å². The standard InChI is InChI=1S/C11H9F3N4O2/c1-2-20-11-16-10(17-18-11)15-9(19)5-3-6(12)8(14)7(13)4-5/h3-4H,2H2,1H3,(H2,15,16,17,18,19). The number of H-pyrrole nitrogens is 1. The number of hydrogen-bond donors (Lipinski definition) is 2. The van der Waals surface area contributed by atoms with E-state index in [1.54, 1.807) is 6.92 Å². The van der Waals surface area contributed by atoms with Gasteiger partial charge in [0.1, 0.15) is 0 Å². The van der Waals surface area contributed by atoms with Crippen molar-refractivity contribution in [3.8, 4) is 6.01 Å². The van der Waals surface area contributed by atoms with E-state index in [1.165, 1.54) is 0 Å². The molecule has 0 aliphatic carbocycles. The SMILES string of the molecule is CCOc1n[nH]c(NC(=O)c2cc(F)c(F)c(F)c2)n1. The molecule has 1 heterocycles. The zero-order valence-corrected chi connectivity index (χ0v) is 10.2. The van der Waals surface area contributed by atoms with E-state index in [2.05, 4.69) is 20.5 Å². The first-order valence-electron chi connectivity index (χ1n) is 5.52. The van der Waals surface area contributed by atoms with Gasteiger partial charge in [0.25, 0.3) is 5.91 Å². The normalized spacial score (nSPS) is 10.4. The van der Waals surface area contributed by atoms with Crippen LogP contribution in [-0.4, -0.2) is 27.7 Å². The van der Waals surface area contributed by atoms with E-state index in [-0.39, 0.29) is 12.0 Å². The van der Waals surface area contributed by atoms with Gasteiger partial charge in [0.15, 0.2) is 17.5 Å². The van der Waals surface area contributed by atoms with Crippen LogP contribution in [0, 0.1) is 17.5 Å². The molecule has 106 valence electrons. The third-order valence-electron chi connectivity index (χ3n) is 2.22. The van der Waals surface area contributed by atoms with Crippen molar-refractivity contribution >= 4 is 11.9 Å². The molecule has 20 heavy (non-hydrogen) atoms. The highest BCUT2D eigenvalue weighted by molar-refractivity contribution is 6.03. The van der Waals surface area contributed by atoms with Gasteiger partial charge in [-0.3, -0.25) is 10.1 Å². The molecule has 0 unspecified atom stereocenters. The van der Waals surface area contributed by atoms with E-state index in [0.29, 0.717) is 18.7 Å². The second-order valence-corrected chi connectivity index (χ2v) is 3.61. The minimum Gasteiger partial charge on any atom is -0.463 e. The van der Waals surface area contributed by atoms with Crippen LogP contribution in [0.1, 0.15) is 17.3 Å². The summed E-state index contributed by atoms with van der Waals surface area (Å²) in [6, 6.07) is 1.17. The number of carbonyl (C=O) groups is 1. The summed E-state index contributed by atoms with van der Waals surface area (Å²) >= 11 is 0. The maximum atomic E-state index is 13.0. The first-order valence-corrected chi connectivity index (χ1v) is 5.52. The number of hydrogen-bond acceptors (Lipinski definition) is 4. The number of ether oxygens (including phenoxy) is 1. The van der Waals surface area contributed by atoms with Crippen molar-refractivity contribution in [3.05, 3.63) is 35.1 Å². The average molecular weight is 286 g/mol. The molecule has 0 radical (unpaired) electrons. The Morgan fingerprint density at radius 2 is 2.00 bits per heavy atom. The van der Waals surface area contributed by atoms with Crippen molar-refractivity contribution < 1.29 is 22.7 Å². The minimum absolute atomic E-state index is 0.0132. The van der Waals surface area contributed by atoms with Crippen LogP contribution in [0.4, 0.5) is 19.1 Å². The molecule has 9 heteroatoms. The summed E-state index contributed by atoms with van der Waals surface area (Å²) in [5.41, 5.74) is -0.393. The van der Waals surface area contributed by atoms with Crippen LogP contribution < -0.4 is 10.1 Å². The Morgan fingerprint density at radius 3 is 2.60 bits per heavy atom. The van der Waals surface area contributed by atoms with Crippen LogP contribution in [0.3, 0.4) is 0 Å². The van der Waals surface area contributed by atoms with Crippen LogP contribution in [0.15, 0.2) is 12.1 Å². The van der Waals surface area contributed by atoms with Crippen LogP contribution in [-0.2, 0) is 0 Å². The van der Waals surface area contributed by atoms with E-state index < -0.39 is 28.9 Å². The summed E-state index contributed by atoms with van der Waals surface area (Å²) in [4.78, 5) is 15.4. The molecular weight excluding hydrogens is 277 g/mol. The lowest BCUT2D eigenvalue weighted by atomic mass is 10.2. The number of aromatic nitrogens is 3. The van der Waals surface area contributed by atoms with Crippen LogP contribution in [0.2, 0.25) is 0 Å². The van der Waals surface area contributed by atoms with Crippen molar-refractivity contribution in [3.63, 3.8) is 0 Å². The summed E-state index contributed by atoms with van der Waals surface area (Å²) in [7, 11) is 0. The fourth-order valence-electron chi connectivity index (χ4n) is 1.36. The van der Waals surface area contributed by atoms with Crippen molar-refractivity contribution in [2.45, 2.75) is 6.92 Å². The van der Waals surface area contributed by atoms with Gasteiger partial charge in [0, 0.05) is 5.56 Å². The zero-order chi connectivity index (χ0) is 14.7. The quantitative estimate of drug-likeness (QED) is 0.841. The fraction of sp³-hybridized carbons (Fsp3) is 0.182. The maximum Gasteiger partial charge on any atom is 0.337 e. The molecular formula is C11H9F3N4O2. The summed E-state index contributed by atoms with van der Waals surface area (Å²) in [6.07, 6.45) is 0. The van der Waals surface area contributed by atoms with E-state index in [9.17, 15) is 18.0 Å². The Morgan fingerprint density at radius 1 is 1.35 bits per heavy atom. The molecule has 0 saturated carbocycles. The van der Waals surface area contributed by atoms with Crippen molar-refractivity contribution in [1.29, 1.82) is 0 Å². The predicted molar refractivity (Wildman–Crippen MR) is 61.8 cm³/mol. The smallest absolute Gasteiger partial charge is 0.337 e. The molecule has 1 amide bonds. The molecule has 2 aromatic rings. The molecule has 2 N–H and O–H groups in total. The molecule has 1 aromatic heterocycles. The number of amides is 1. The number of benzene rings is 1. The second kappa shape index (κ2) is 5.59. The lowest BCUT2D eigenvalue weighted by Gasteiger charge is -2.03. The van der Waals surface area contributed by atoms with Crippen LogP contribution in [0.25, 0.3) is 0 Å². The Kier molecular flexibility index (Phi) is 3.87. The van der Waals surface area contributed by atoms with Gasteiger partial charge in [0.05, 0.1) is 6.61 Å². The van der Waals surface area contributed by atoms with Gasteiger partial charge < -0.3 is 4.74 Å². The molecule has 0 aliphatic heterocycles. The third-order valence-corrected chi connectivity index (χ3v) is 2.22. The molecule has 0 atom stereocenters. The highest BCUT2D eigenvalue weighted by Crippen LogP contribution is 2.15. The third kappa shape index (κ3) is 2.87. The van der Waals surface area contributed by atoms with E-state index >= 15 is 0 Å². The number of rotatable bonds is 4. The summed E-state index contributed by atoms with van der Waals surface area (Å²) in [6.45, 7) is 2.05. The number of carbonyl (C=O) groups excluding carboxylic acids is 1. The maximum absolute atomic E-state index is 13.0.